The van der Waals surface area contributed by atoms with Gasteiger partial charge in [0.15, 0.2) is 5.78 Å². The summed E-state index contributed by atoms with van der Waals surface area (Å²) in [7, 11) is 0. The molecule has 0 unspecified atom stereocenters. The molecule has 0 spiro atoms. The SMILES string of the molecule is CCn1nc(CC(=O)c2cc(C)c(C)s2)c2ccccc21. The average Bonchev–Trinajstić information content (AvgIpc) is 3.01. The summed E-state index contributed by atoms with van der Waals surface area (Å²) in [6, 6.07) is 10.1. The number of carbonyl (C=O) groups is 1. The molecule has 3 aromatic rings. The lowest BCUT2D eigenvalue weighted by Gasteiger charge is -1.96. The van der Waals surface area contributed by atoms with Crippen molar-refractivity contribution >= 4 is 28.0 Å². The van der Waals surface area contributed by atoms with Crippen molar-refractivity contribution in [3.8, 4) is 0 Å². The molecule has 0 atom stereocenters. The number of thiophene rings is 1. The van der Waals surface area contributed by atoms with Crippen LogP contribution in [0.25, 0.3) is 10.9 Å². The Labute approximate surface area is 128 Å². The Balaban J connectivity index is 1.96. The number of carbonyl (C=O) groups excluding carboxylic acids is 1. The number of nitrogens with zero attached hydrogens (tertiary/aromatic N) is 2. The average molecular weight is 298 g/mol. The van der Waals surface area contributed by atoms with Crippen LogP contribution in [0.3, 0.4) is 0 Å². The molecular formula is C17H18N2OS. The van der Waals surface area contributed by atoms with Crippen LogP contribution in [-0.2, 0) is 13.0 Å². The van der Waals surface area contributed by atoms with Crippen LogP contribution in [0.15, 0.2) is 30.3 Å². The van der Waals surface area contributed by atoms with Crippen LogP contribution in [-0.4, -0.2) is 15.6 Å². The summed E-state index contributed by atoms with van der Waals surface area (Å²) < 4.78 is 1.96. The van der Waals surface area contributed by atoms with Gasteiger partial charge in [-0.25, -0.2) is 0 Å². The first-order chi connectivity index (χ1) is 10.1. The zero-order chi connectivity index (χ0) is 15.0. The summed E-state index contributed by atoms with van der Waals surface area (Å²) in [5.41, 5.74) is 3.16. The third-order valence-corrected chi connectivity index (χ3v) is 5.00. The van der Waals surface area contributed by atoms with E-state index in [1.807, 2.05) is 35.9 Å². The van der Waals surface area contributed by atoms with Gasteiger partial charge in [-0.1, -0.05) is 18.2 Å². The molecular weight excluding hydrogens is 280 g/mol. The quantitative estimate of drug-likeness (QED) is 0.678. The lowest BCUT2D eigenvalue weighted by Crippen LogP contribution is -2.03. The van der Waals surface area contributed by atoms with E-state index in [9.17, 15) is 4.79 Å². The van der Waals surface area contributed by atoms with E-state index in [2.05, 4.69) is 25.0 Å². The highest BCUT2D eigenvalue weighted by atomic mass is 32.1. The minimum atomic E-state index is 0.155. The van der Waals surface area contributed by atoms with Gasteiger partial charge in [0.25, 0.3) is 0 Å². The zero-order valence-corrected chi connectivity index (χ0v) is 13.3. The molecule has 0 fully saturated rings. The van der Waals surface area contributed by atoms with Gasteiger partial charge in [0, 0.05) is 16.8 Å². The Morgan fingerprint density at radius 1 is 1.29 bits per heavy atom. The normalized spacial score (nSPS) is 11.2. The monoisotopic (exact) mass is 298 g/mol. The summed E-state index contributed by atoms with van der Waals surface area (Å²) in [6.45, 7) is 6.98. The van der Waals surface area contributed by atoms with Gasteiger partial charge >= 0.3 is 0 Å². The Bertz CT molecular complexity index is 794. The molecule has 1 aromatic carbocycles. The van der Waals surface area contributed by atoms with Crippen molar-refractivity contribution in [2.45, 2.75) is 33.7 Å². The minimum Gasteiger partial charge on any atom is -0.293 e. The highest BCUT2D eigenvalue weighted by Gasteiger charge is 2.16. The van der Waals surface area contributed by atoms with Crippen LogP contribution < -0.4 is 0 Å². The molecule has 0 amide bonds. The molecule has 0 bridgehead atoms. The van der Waals surface area contributed by atoms with Gasteiger partial charge in [-0.05, 0) is 38.5 Å². The molecule has 3 rings (SSSR count). The summed E-state index contributed by atoms with van der Waals surface area (Å²) in [5.74, 6) is 0.155. The van der Waals surface area contributed by atoms with Gasteiger partial charge in [-0.15, -0.1) is 11.3 Å². The van der Waals surface area contributed by atoms with Crippen LogP contribution in [0.4, 0.5) is 0 Å². The van der Waals surface area contributed by atoms with Crippen LogP contribution in [0.1, 0.15) is 32.7 Å². The van der Waals surface area contributed by atoms with Crippen LogP contribution in [0.5, 0.6) is 0 Å². The number of ketones is 1. The fourth-order valence-corrected chi connectivity index (χ4v) is 3.49. The van der Waals surface area contributed by atoms with Gasteiger partial charge in [-0.2, -0.15) is 5.10 Å². The van der Waals surface area contributed by atoms with Crippen molar-refractivity contribution < 1.29 is 4.79 Å². The number of aromatic nitrogens is 2. The van der Waals surface area contributed by atoms with Gasteiger partial charge < -0.3 is 0 Å². The molecule has 3 nitrogen and oxygen atoms in total. The summed E-state index contributed by atoms with van der Waals surface area (Å²) in [6.07, 6.45) is 0.368. The van der Waals surface area contributed by atoms with Gasteiger partial charge in [0.1, 0.15) is 0 Å². The molecule has 0 saturated heterocycles. The predicted octanol–water partition coefficient (Wildman–Crippen LogP) is 4.16. The van der Waals surface area contributed by atoms with Crippen molar-refractivity contribution in [2.24, 2.45) is 0 Å². The molecule has 0 radical (unpaired) electrons. The smallest absolute Gasteiger partial charge is 0.178 e. The first-order valence-corrected chi connectivity index (χ1v) is 7.96. The molecule has 2 aromatic heterocycles. The van der Waals surface area contributed by atoms with E-state index in [4.69, 9.17) is 0 Å². The van der Waals surface area contributed by atoms with Crippen molar-refractivity contribution in [2.75, 3.05) is 0 Å². The van der Waals surface area contributed by atoms with Crippen LogP contribution >= 0.6 is 11.3 Å². The van der Waals surface area contributed by atoms with E-state index >= 15 is 0 Å². The lowest BCUT2D eigenvalue weighted by molar-refractivity contribution is 0.0996. The number of rotatable bonds is 4. The first kappa shape index (κ1) is 14.0. The minimum absolute atomic E-state index is 0.155. The Morgan fingerprint density at radius 2 is 2.05 bits per heavy atom. The first-order valence-electron chi connectivity index (χ1n) is 7.14. The van der Waals surface area contributed by atoms with Crippen LogP contribution in [0, 0.1) is 13.8 Å². The fraction of sp³-hybridized carbons (Fsp3) is 0.294. The number of para-hydroxylation sites is 1. The number of benzene rings is 1. The maximum Gasteiger partial charge on any atom is 0.178 e. The van der Waals surface area contributed by atoms with E-state index < -0.39 is 0 Å². The zero-order valence-electron chi connectivity index (χ0n) is 12.5. The second kappa shape index (κ2) is 5.45. The topological polar surface area (TPSA) is 34.9 Å². The number of aryl methyl sites for hydroxylation is 3. The number of hydrogen-bond acceptors (Lipinski definition) is 3. The summed E-state index contributed by atoms with van der Waals surface area (Å²) in [4.78, 5) is 14.5. The van der Waals surface area contributed by atoms with Crippen molar-refractivity contribution in [1.82, 2.24) is 9.78 Å². The molecule has 4 heteroatoms. The van der Waals surface area contributed by atoms with Gasteiger partial charge in [-0.3, -0.25) is 9.48 Å². The second-order valence-electron chi connectivity index (χ2n) is 5.23. The van der Waals surface area contributed by atoms with E-state index in [1.54, 1.807) is 11.3 Å². The molecule has 0 aliphatic carbocycles. The van der Waals surface area contributed by atoms with Gasteiger partial charge in [0.05, 0.1) is 22.5 Å². The summed E-state index contributed by atoms with van der Waals surface area (Å²) >= 11 is 1.58. The summed E-state index contributed by atoms with van der Waals surface area (Å²) in [5, 5.41) is 5.68. The molecule has 108 valence electrons. The maximum absolute atomic E-state index is 12.5. The van der Waals surface area contributed by atoms with E-state index in [0.717, 1.165) is 28.0 Å². The van der Waals surface area contributed by atoms with E-state index in [-0.39, 0.29) is 5.78 Å². The predicted molar refractivity (Wildman–Crippen MR) is 87.2 cm³/mol. The molecule has 21 heavy (non-hydrogen) atoms. The molecule has 0 aliphatic heterocycles. The third kappa shape index (κ3) is 2.51. The highest BCUT2D eigenvalue weighted by molar-refractivity contribution is 7.14. The number of Topliss-reactive ketones (excluding diaryl/α,β-unsaturated/α-hetero) is 1. The van der Waals surface area contributed by atoms with Crippen molar-refractivity contribution in [3.63, 3.8) is 0 Å². The third-order valence-electron chi connectivity index (χ3n) is 3.80. The second-order valence-corrected chi connectivity index (χ2v) is 6.49. The Kier molecular flexibility index (Phi) is 3.64. The molecule has 2 heterocycles. The van der Waals surface area contributed by atoms with Gasteiger partial charge in [0.2, 0.25) is 0 Å². The standard InChI is InChI=1S/C17H18N2OS/c1-4-19-15-8-6-5-7-13(15)14(18-19)10-16(20)17-9-11(2)12(3)21-17/h5-9H,4,10H2,1-3H3. The lowest BCUT2D eigenvalue weighted by atomic mass is 10.1. The fourth-order valence-electron chi connectivity index (χ4n) is 2.52. The van der Waals surface area contributed by atoms with E-state index in [0.29, 0.717) is 6.42 Å². The molecule has 0 N–H and O–H groups in total. The largest absolute Gasteiger partial charge is 0.293 e. The van der Waals surface area contributed by atoms with Crippen molar-refractivity contribution in [1.29, 1.82) is 0 Å². The number of hydrogen-bond donors (Lipinski definition) is 0. The molecule has 0 saturated carbocycles. The Morgan fingerprint density at radius 3 is 2.71 bits per heavy atom. The maximum atomic E-state index is 12.5. The van der Waals surface area contributed by atoms with E-state index in [1.165, 1.54) is 10.4 Å². The van der Waals surface area contributed by atoms with Crippen LogP contribution in [0.2, 0.25) is 0 Å². The Hall–Kier alpha value is -1.94. The highest BCUT2D eigenvalue weighted by Crippen LogP contribution is 2.24. The molecule has 0 aliphatic rings. The number of fused-ring (bicyclic) bond motifs is 1. The van der Waals surface area contributed by atoms with Crippen molar-refractivity contribution in [3.05, 3.63) is 51.3 Å².